The molecule has 0 aliphatic carbocycles. The average molecular weight is 237 g/mol. The van der Waals surface area contributed by atoms with Gasteiger partial charge in [-0.05, 0) is 36.6 Å². The Balaban J connectivity index is 3.01. The minimum absolute atomic E-state index is 0.382. The molecule has 0 aromatic heterocycles. The number of aryl methyl sites for hydroxylation is 2. The Hall–Kier alpha value is -1.59. The van der Waals surface area contributed by atoms with Gasteiger partial charge in [-0.15, -0.1) is 0 Å². The van der Waals surface area contributed by atoms with Crippen molar-refractivity contribution in [3.8, 4) is 5.75 Å². The first-order chi connectivity index (χ1) is 7.99. The fourth-order valence-corrected chi connectivity index (χ4v) is 1.82. The van der Waals surface area contributed by atoms with Crippen molar-refractivity contribution in [2.24, 2.45) is 11.6 Å². The standard InChI is InChI=1S/C12H19N3O2/c1-7-4-8(2)9(11(5-7)17-3)6-10(13)12(16)15-14/h4-5,10H,6,13-14H2,1-3H3,(H,15,16). The molecule has 0 saturated carbocycles. The maximum absolute atomic E-state index is 11.3. The van der Waals surface area contributed by atoms with Crippen molar-refractivity contribution in [3.63, 3.8) is 0 Å². The van der Waals surface area contributed by atoms with Crippen molar-refractivity contribution < 1.29 is 9.53 Å². The lowest BCUT2D eigenvalue weighted by atomic mass is 9.98. The van der Waals surface area contributed by atoms with Crippen molar-refractivity contribution in [1.82, 2.24) is 5.43 Å². The van der Waals surface area contributed by atoms with Crippen molar-refractivity contribution in [1.29, 1.82) is 0 Å². The SMILES string of the molecule is COc1cc(C)cc(C)c1CC(N)C(=O)NN. The molecule has 5 nitrogen and oxygen atoms in total. The van der Waals surface area contributed by atoms with E-state index in [0.717, 1.165) is 22.4 Å². The van der Waals surface area contributed by atoms with Gasteiger partial charge >= 0.3 is 0 Å². The molecule has 0 radical (unpaired) electrons. The third-order valence-electron chi connectivity index (χ3n) is 2.70. The highest BCUT2D eigenvalue weighted by Gasteiger charge is 2.17. The van der Waals surface area contributed by atoms with Crippen LogP contribution < -0.4 is 21.7 Å². The maximum Gasteiger partial charge on any atom is 0.251 e. The number of hydrogen-bond donors (Lipinski definition) is 3. The van der Waals surface area contributed by atoms with Crippen LogP contribution in [0.25, 0.3) is 0 Å². The van der Waals surface area contributed by atoms with Gasteiger partial charge in [-0.2, -0.15) is 0 Å². The topological polar surface area (TPSA) is 90.4 Å². The second-order valence-corrected chi connectivity index (χ2v) is 4.08. The van der Waals surface area contributed by atoms with E-state index in [1.165, 1.54) is 0 Å². The summed E-state index contributed by atoms with van der Waals surface area (Å²) in [5.74, 6) is 5.42. The van der Waals surface area contributed by atoms with Crippen molar-refractivity contribution >= 4 is 5.91 Å². The van der Waals surface area contributed by atoms with E-state index in [2.05, 4.69) is 0 Å². The molecular formula is C12H19N3O2. The summed E-state index contributed by atoms with van der Waals surface area (Å²) < 4.78 is 5.30. The number of carbonyl (C=O) groups excluding carboxylic acids is 1. The van der Waals surface area contributed by atoms with Crippen molar-refractivity contribution in [2.45, 2.75) is 26.3 Å². The number of carbonyl (C=O) groups is 1. The smallest absolute Gasteiger partial charge is 0.251 e. The normalized spacial score (nSPS) is 12.1. The van der Waals surface area contributed by atoms with E-state index in [1.807, 2.05) is 31.4 Å². The monoisotopic (exact) mass is 237 g/mol. The van der Waals surface area contributed by atoms with Crippen molar-refractivity contribution in [3.05, 3.63) is 28.8 Å². The van der Waals surface area contributed by atoms with E-state index >= 15 is 0 Å². The fourth-order valence-electron chi connectivity index (χ4n) is 1.82. The number of methoxy groups -OCH3 is 1. The Kier molecular flexibility index (Phi) is 4.48. The van der Waals surface area contributed by atoms with E-state index in [4.69, 9.17) is 16.3 Å². The average Bonchev–Trinajstić information content (AvgIpc) is 2.30. The molecule has 5 N–H and O–H groups in total. The van der Waals surface area contributed by atoms with Crippen LogP contribution in [-0.4, -0.2) is 19.1 Å². The van der Waals surface area contributed by atoms with Crippen molar-refractivity contribution in [2.75, 3.05) is 7.11 Å². The Morgan fingerprint density at radius 1 is 1.47 bits per heavy atom. The lowest BCUT2D eigenvalue weighted by Gasteiger charge is -2.16. The zero-order chi connectivity index (χ0) is 13.0. The summed E-state index contributed by atoms with van der Waals surface area (Å²) in [7, 11) is 1.60. The molecule has 1 amide bonds. The van der Waals surface area contributed by atoms with Gasteiger partial charge in [0.05, 0.1) is 13.2 Å². The molecule has 0 saturated heterocycles. The number of rotatable bonds is 4. The molecule has 0 spiro atoms. The van der Waals surface area contributed by atoms with Crippen LogP contribution in [0.4, 0.5) is 0 Å². The largest absolute Gasteiger partial charge is 0.496 e. The van der Waals surface area contributed by atoms with Crippen LogP contribution in [0, 0.1) is 13.8 Å². The first kappa shape index (κ1) is 13.5. The maximum atomic E-state index is 11.3. The van der Waals surface area contributed by atoms with Gasteiger partial charge in [0.2, 0.25) is 0 Å². The van der Waals surface area contributed by atoms with E-state index < -0.39 is 6.04 Å². The second-order valence-electron chi connectivity index (χ2n) is 4.08. The summed E-state index contributed by atoms with van der Waals surface area (Å²) in [5, 5.41) is 0. The molecule has 0 bridgehead atoms. The van der Waals surface area contributed by atoms with E-state index in [1.54, 1.807) is 7.11 Å². The van der Waals surface area contributed by atoms with Gasteiger partial charge in [-0.3, -0.25) is 10.2 Å². The molecule has 0 heterocycles. The number of nitrogens with two attached hydrogens (primary N) is 2. The van der Waals surface area contributed by atoms with Crippen LogP contribution in [0.15, 0.2) is 12.1 Å². The summed E-state index contributed by atoms with van der Waals surface area (Å²) in [6.07, 6.45) is 0.401. The van der Waals surface area contributed by atoms with E-state index in [0.29, 0.717) is 6.42 Å². The van der Waals surface area contributed by atoms with Crippen LogP contribution in [0.5, 0.6) is 5.75 Å². The quantitative estimate of drug-likeness (QED) is 0.395. The molecule has 0 aliphatic heterocycles. The summed E-state index contributed by atoms with van der Waals surface area (Å²) in [5.41, 5.74) is 10.9. The summed E-state index contributed by atoms with van der Waals surface area (Å²) in [6.45, 7) is 3.96. The molecule has 17 heavy (non-hydrogen) atoms. The summed E-state index contributed by atoms with van der Waals surface area (Å²) >= 11 is 0. The van der Waals surface area contributed by atoms with Gasteiger partial charge in [0, 0.05) is 6.42 Å². The molecule has 1 atom stereocenters. The predicted octanol–water partition coefficient (Wildman–Crippen LogP) is 0.172. The van der Waals surface area contributed by atoms with Crippen LogP contribution in [0.3, 0.4) is 0 Å². The van der Waals surface area contributed by atoms with Gasteiger partial charge in [0.1, 0.15) is 5.75 Å². The second kappa shape index (κ2) is 5.65. The van der Waals surface area contributed by atoms with Gasteiger partial charge < -0.3 is 10.5 Å². The Bertz CT molecular complexity index is 418. The van der Waals surface area contributed by atoms with E-state index in [-0.39, 0.29) is 5.91 Å². The molecule has 1 unspecified atom stereocenters. The molecule has 5 heteroatoms. The van der Waals surface area contributed by atoms with E-state index in [9.17, 15) is 4.79 Å². The predicted molar refractivity (Wildman–Crippen MR) is 66.5 cm³/mol. The molecule has 0 aliphatic rings. The molecule has 1 rings (SSSR count). The lowest BCUT2D eigenvalue weighted by Crippen LogP contribution is -2.45. The Morgan fingerprint density at radius 2 is 2.12 bits per heavy atom. The van der Waals surface area contributed by atoms with Gasteiger partial charge in [0.25, 0.3) is 5.91 Å². The highest BCUT2D eigenvalue weighted by molar-refractivity contribution is 5.81. The third-order valence-corrected chi connectivity index (χ3v) is 2.70. The van der Waals surface area contributed by atoms with Crippen LogP contribution in [-0.2, 0) is 11.2 Å². The number of hydrogen-bond acceptors (Lipinski definition) is 4. The molecular weight excluding hydrogens is 218 g/mol. The third kappa shape index (κ3) is 3.18. The summed E-state index contributed by atoms with van der Waals surface area (Å²) in [4.78, 5) is 11.3. The minimum atomic E-state index is -0.671. The van der Waals surface area contributed by atoms with Gasteiger partial charge in [-0.25, -0.2) is 5.84 Å². The number of ether oxygens (including phenoxy) is 1. The van der Waals surface area contributed by atoms with Crippen LogP contribution in [0.1, 0.15) is 16.7 Å². The van der Waals surface area contributed by atoms with Gasteiger partial charge in [0.15, 0.2) is 0 Å². The fraction of sp³-hybridized carbons (Fsp3) is 0.417. The number of amides is 1. The first-order valence-electron chi connectivity index (χ1n) is 5.39. The number of nitrogens with one attached hydrogen (secondary N) is 1. The lowest BCUT2D eigenvalue weighted by molar-refractivity contribution is -0.122. The zero-order valence-electron chi connectivity index (χ0n) is 10.4. The number of benzene rings is 1. The minimum Gasteiger partial charge on any atom is -0.496 e. The van der Waals surface area contributed by atoms with Gasteiger partial charge in [-0.1, -0.05) is 6.07 Å². The van der Waals surface area contributed by atoms with Crippen LogP contribution in [0.2, 0.25) is 0 Å². The Morgan fingerprint density at radius 3 is 2.65 bits per heavy atom. The Labute approximate surface area is 101 Å². The summed E-state index contributed by atoms with van der Waals surface area (Å²) in [6, 6.07) is 3.29. The first-order valence-corrected chi connectivity index (χ1v) is 5.39. The highest BCUT2D eigenvalue weighted by Crippen LogP contribution is 2.25. The molecule has 94 valence electrons. The molecule has 1 aromatic rings. The molecule has 0 fully saturated rings. The number of hydrazine groups is 1. The van der Waals surface area contributed by atoms with Crippen LogP contribution >= 0.6 is 0 Å². The zero-order valence-corrected chi connectivity index (χ0v) is 10.4. The highest BCUT2D eigenvalue weighted by atomic mass is 16.5. The molecule has 1 aromatic carbocycles.